The van der Waals surface area contributed by atoms with Crippen molar-refractivity contribution in [3.05, 3.63) is 11.1 Å². The van der Waals surface area contributed by atoms with Crippen LogP contribution in [0.4, 0.5) is 0 Å². The van der Waals surface area contributed by atoms with Gasteiger partial charge in [-0.05, 0) is 30.7 Å². The monoisotopic (exact) mass is 301 g/mol. The molecule has 3 nitrogen and oxygen atoms in total. The summed E-state index contributed by atoms with van der Waals surface area (Å²) in [5, 5.41) is 8.90. The molecule has 0 aromatic carbocycles. The molecule has 1 saturated carbocycles. The summed E-state index contributed by atoms with van der Waals surface area (Å²) in [5.41, 5.74) is -0.0194. The number of aromatic nitrogens is 3. The molecule has 0 atom stereocenters. The highest BCUT2D eigenvalue weighted by molar-refractivity contribution is 8.00. The van der Waals surface area contributed by atoms with Crippen molar-refractivity contribution in [1.29, 1.82) is 0 Å². The van der Waals surface area contributed by atoms with Gasteiger partial charge in [-0.15, -0.1) is 10.2 Å². The number of halogens is 1. The molecule has 0 N–H and O–H groups in total. The molecule has 108 valence electrons. The molecule has 0 saturated heterocycles. The Bertz CT molecular complexity index is 430. The maximum atomic E-state index is 6.27. The van der Waals surface area contributed by atoms with Crippen LogP contribution in [-0.4, -0.2) is 25.8 Å². The molecule has 5 heteroatoms. The van der Waals surface area contributed by atoms with E-state index < -0.39 is 0 Å². The van der Waals surface area contributed by atoms with E-state index in [1.54, 1.807) is 0 Å². The third kappa shape index (κ3) is 3.27. The van der Waals surface area contributed by atoms with Crippen LogP contribution in [0.5, 0.6) is 0 Å². The first-order chi connectivity index (χ1) is 8.88. The second-order valence-electron chi connectivity index (χ2n) is 6.58. The maximum Gasteiger partial charge on any atom is 0.225 e. The first-order valence-electron chi connectivity index (χ1n) is 7.02. The van der Waals surface area contributed by atoms with E-state index in [2.05, 4.69) is 41.8 Å². The van der Waals surface area contributed by atoms with Crippen molar-refractivity contribution in [2.24, 2.45) is 0 Å². The van der Waals surface area contributed by atoms with Crippen LogP contribution in [0.2, 0.25) is 5.28 Å². The Balaban J connectivity index is 2.29. The van der Waals surface area contributed by atoms with E-state index in [-0.39, 0.29) is 5.41 Å². The molecule has 1 fully saturated rings. The molecule has 0 aliphatic heterocycles. The Morgan fingerprint density at radius 3 is 2.37 bits per heavy atom. The minimum atomic E-state index is -0.0194. The molecular formula is C14H24ClN3S. The van der Waals surface area contributed by atoms with Gasteiger partial charge in [0.05, 0.1) is 0 Å². The van der Waals surface area contributed by atoms with Crippen LogP contribution in [0, 0.1) is 0 Å². The highest BCUT2D eigenvalue weighted by Gasteiger charge is 2.34. The Morgan fingerprint density at radius 1 is 1.21 bits per heavy atom. The van der Waals surface area contributed by atoms with Crippen molar-refractivity contribution >= 4 is 23.4 Å². The molecule has 1 aromatic heterocycles. The predicted octanol–water partition coefficient (Wildman–Crippen LogP) is 4.29. The molecule has 0 radical (unpaired) electrons. The van der Waals surface area contributed by atoms with Gasteiger partial charge in [0.15, 0.2) is 0 Å². The molecule has 19 heavy (non-hydrogen) atoms. The SMILES string of the molecule is CSC1(Cn2c(Cl)nnc2C(C)(C)C)CCCCC1. The summed E-state index contributed by atoms with van der Waals surface area (Å²) in [6.45, 7) is 7.43. The number of hydrogen-bond donors (Lipinski definition) is 0. The maximum absolute atomic E-state index is 6.27. The van der Waals surface area contributed by atoms with Gasteiger partial charge in [0.1, 0.15) is 5.82 Å². The van der Waals surface area contributed by atoms with E-state index in [9.17, 15) is 0 Å². The van der Waals surface area contributed by atoms with E-state index in [1.165, 1.54) is 32.1 Å². The van der Waals surface area contributed by atoms with Gasteiger partial charge in [0.25, 0.3) is 0 Å². The molecule has 1 aliphatic carbocycles. The fourth-order valence-corrected chi connectivity index (χ4v) is 4.02. The average Bonchev–Trinajstić information content (AvgIpc) is 2.72. The molecule has 1 heterocycles. The van der Waals surface area contributed by atoms with Gasteiger partial charge >= 0.3 is 0 Å². The third-order valence-corrected chi connectivity index (χ3v) is 5.70. The van der Waals surface area contributed by atoms with Crippen LogP contribution in [0.15, 0.2) is 0 Å². The number of nitrogens with zero attached hydrogens (tertiary/aromatic N) is 3. The summed E-state index contributed by atoms with van der Waals surface area (Å²) in [6.07, 6.45) is 8.78. The fourth-order valence-electron chi connectivity index (χ4n) is 2.89. The number of rotatable bonds is 3. The lowest BCUT2D eigenvalue weighted by Gasteiger charge is -2.37. The van der Waals surface area contributed by atoms with Crippen LogP contribution in [-0.2, 0) is 12.0 Å². The largest absolute Gasteiger partial charge is 0.300 e. The molecule has 2 rings (SSSR count). The van der Waals surface area contributed by atoms with E-state index in [0.29, 0.717) is 10.0 Å². The summed E-state index contributed by atoms with van der Waals surface area (Å²) < 4.78 is 2.44. The topological polar surface area (TPSA) is 30.7 Å². The van der Waals surface area contributed by atoms with Crippen molar-refractivity contribution in [3.63, 3.8) is 0 Å². The van der Waals surface area contributed by atoms with Gasteiger partial charge in [0, 0.05) is 16.7 Å². The zero-order valence-electron chi connectivity index (χ0n) is 12.4. The first kappa shape index (κ1) is 15.2. The summed E-state index contributed by atoms with van der Waals surface area (Å²) in [4.78, 5) is 0. The van der Waals surface area contributed by atoms with Gasteiger partial charge in [-0.25, -0.2) is 0 Å². The Labute approximate surface area is 125 Å². The first-order valence-corrected chi connectivity index (χ1v) is 8.63. The Kier molecular flexibility index (Phi) is 4.51. The van der Waals surface area contributed by atoms with Crippen LogP contribution in [0.1, 0.15) is 58.7 Å². The van der Waals surface area contributed by atoms with Crippen molar-refractivity contribution in [2.75, 3.05) is 6.26 Å². The van der Waals surface area contributed by atoms with E-state index in [4.69, 9.17) is 11.6 Å². The zero-order chi connectivity index (χ0) is 14.1. The standard InChI is InChI=1S/C14H24ClN3S/c1-13(2,3)11-16-17-12(15)18(11)10-14(19-4)8-6-5-7-9-14/h5-10H2,1-4H3. The minimum absolute atomic E-state index is 0.0194. The van der Waals surface area contributed by atoms with Gasteiger partial charge in [-0.1, -0.05) is 40.0 Å². The van der Waals surface area contributed by atoms with Crippen LogP contribution in [0.3, 0.4) is 0 Å². The molecule has 0 spiro atoms. The van der Waals surface area contributed by atoms with Gasteiger partial charge in [-0.3, -0.25) is 4.57 Å². The molecule has 0 amide bonds. The van der Waals surface area contributed by atoms with Gasteiger partial charge < -0.3 is 0 Å². The van der Waals surface area contributed by atoms with Crippen LogP contribution in [0.25, 0.3) is 0 Å². The summed E-state index contributed by atoms with van der Waals surface area (Å²) in [6, 6.07) is 0. The lowest BCUT2D eigenvalue weighted by molar-refractivity contribution is 0.346. The van der Waals surface area contributed by atoms with Crippen molar-refractivity contribution in [2.45, 2.75) is 69.6 Å². The highest BCUT2D eigenvalue weighted by Crippen LogP contribution is 2.41. The summed E-state index contributed by atoms with van der Waals surface area (Å²) >= 11 is 8.25. The Hall–Kier alpha value is -0.220. The minimum Gasteiger partial charge on any atom is -0.300 e. The highest BCUT2D eigenvalue weighted by atomic mass is 35.5. The quantitative estimate of drug-likeness (QED) is 0.834. The lowest BCUT2D eigenvalue weighted by atomic mass is 9.87. The zero-order valence-corrected chi connectivity index (χ0v) is 13.9. The lowest BCUT2D eigenvalue weighted by Crippen LogP contribution is -2.35. The molecular weight excluding hydrogens is 278 g/mol. The normalized spacial score (nSPS) is 19.6. The number of hydrogen-bond acceptors (Lipinski definition) is 3. The van der Waals surface area contributed by atoms with Crippen molar-refractivity contribution < 1.29 is 0 Å². The van der Waals surface area contributed by atoms with Crippen molar-refractivity contribution in [3.8, 4) is 0 Å². The van der Waals surface area contributed by atoms with Gasteiger partial charge in [0.2, 0.25) is 5.28 Å². The third-order valence-electron chi connectivity index (χ3n) is 4.02. The van der Waals surface area contributed by atoms with E-state index >= 15 is 0 Å². The smallest absolute Gasteiger partial charge is 0.225 e. The molecule has 0 bridgehead atoms. The molecule has 0 unspecified atom stereocenters. The fraction of sp³-hybridized carbons (Fsp3) is 0.857. The number of thioether (sulfide) groups is 1. The van der Waals surface area contributed by atoms with Crippen molar-refractivity contribution in [1.82, 2.24) is 14.8 Å². The van der Waals surface area contributed by atoms with Gasteiger partial charge in [-0.2, -0.15) is 11.8 Å². The summed E-state index contributed by atoms with van der Waals surface area (Å²) in [7, 11) is 0. The van der Waals surface area contributed by atoms with E-state index in [1.807, 2.05) is 11.8 Å². The molecule has 1 aromatic rings. The second-order valence-corrected chi connectivity index (χ2v) is 8.19. The second kappa shape index (κ2) is 5.65. The van der Waals surface area contributed by atoms with Crippen LogP contribution >= 0.6 is 23.4 Å². The summed E-state index contributed by atoms with van der Waals surface area (Å²) in [5.74, 6) is 0.997. The average molecular weight is 302 g/mol. The predicted molar refractivity (Wildman–Crippen MR) is 83.1 cm³/mol. The Morgan fingerprint density at radius 2 is 1.84 bits per heavy atom. The van der Waals surface area contributed by atoms with Crippen LogP contribution < -0.4 is 0 Å². The van der Waals surface area contributed by atoms with E-state index in [0.717, 1.165) is 12.4 Å². The molecule has 1 aliphatic rings.